The van der Waals surface area contributed by atoms with Gasteiger partial charge in [-0.25, -0.2) is 4.79 Å². The van der Waals surface area contributed by atoms with E-state index < -0.39 is 55.1 Å². The number of hydrogen-bond acceptors (Lipinski definition) is 6. The third-order valence-corrected chi connectivity index (χ3v) is 9.62. The zero-order chi connectivity index (χ0) is 30.5. The van der Waals surface area contributed by atoms with E-state index in [1.54, 1.807) is 30.5 Å². The van der Waals surface area contributed by atoms with Gasteiger partial charge in [0.05, 0.1) is 6.04 Å². The predicted octanol–water partition coefficient (Wildman–Crippen LogP) is 2.60. The third kappa shape index (κ3) is 5.34. The summed E-state index contributed by atoms with van der Waals surface area (Å²) in [5, 5.41) is 17.2. The Balaban J connectivity index is 1.16. The lowest BCUT2D eigenvalue weighted by Crippen LogP contribution is -2.50. The highest BCUT2D eigenvalue weighted by atomic mass is 31.2. The van der Waals surface area contributed by atoms with Gasteiger partial charge in [0, 0.05) is 46.6 Å². The molecule has 1 aromatic heterocycles. The van der Waals surface area contributed by atoms with E-state index >= 15 is 0 Å². The van der Waals surface area contributed by atoms with Crippen molar-refractivity contribution in [2.24, 2.45) is 5.92 Å². The Morgan fingerprint density at radius 2 is 1.67 bits per heavy atom. The van der Waals surface area contributed by atoms with Crippen molar-refractivity contribution in [1.82, 2.24) is 20.5 Å². The number of carbonyl (C=O) groups is 4. The lowest BCUT2D eigenvalue weighted by molar-refractivity contribution is -0.142. The number of aromatic nitrogens is 1. The van der Waals surface area contributed by atoms with Crippen LogP contribution in [0.2, 0.25) is 0 Å². The molecule has 12 nitrogen and oxygen atoms in total. The predicted molar refractivity (Wildman–Crippen MR) is 156 cm³/mol. The molecule has 3 aromatic carbocycles. The highest BCUT2D eigenvalue weighted by Gasteiger charge is 2.47. The van der Waals surface area contributed by atoms with Crippen LogP contribution >= 0.6 is 7.60 Å². The second-order valence-corrected chi connectivity index (χ2v) is 12.7. The average molecular weight is 605 g/mol. The largest absolute Gasteiger partial charge is 0.480 e. The molecule has 1 fully saturated rings. The summed E-state index contributed by atoms with van der Waals surface area (Å²) in [6.07, 6.45) is 1.68. The van der Waals surface area contributed by atoms with Gasteiger partial charge in [0.1, 0.15) is 11.8 Å². The molecule has 4 atom stereocenters. The Hall–Kier alpha value is -4.35. The van der Waals surface area contributed by atoms with Crippen LogP contribution in [0.5, 0.6) is 0 Å². The summed E-state index contributed by atoms with van der Waals surface area (Å²) in [6.45, 7) is -0.113. The van der Waals surface area contributed by atoms with Crippen molar-refractivity contribution in [3.05, 3.63) is 83.6 Å². The van der Waals surface area contributed by atoms with E-state index in [0.29, 0.717) is 22.1 Å². The smallest absolute Gasteiger partial charge is 0.342 e. The van der Waals surface area contributed by atoms with E-state index in [0.717, 1.165) is 21.2 Å². The fraction of sp³-hybridized carbons (Fsp3) is 0.267. The number of carbonyl (C=O) groups excluding carboxylic acids is 3. The molecule has 6 N–H and O–H groups in total. The Bertz CT molecular complexity index is 1780. The normalized spacial score (nSPS) is 21.0. The molecule has 2 aliphatic heterocycles. The number of nitrogens with one attached hydrogen (secondary N) is 3. The first-order chi connectivity index (χ1) is 20.5. The maximum atomic E-state index is 13.3. The first kappa shape index (κ1) is 28.8. The highest BCUT2D eigenvalue weighted by molar-refractivity contribution is 7.52. The quantitative estimate of drug-likeness (QED) is 0.123. The monoisotopic (exact) mass is 604 g/mol. The minimum absolute atomic E-state index is 0.00340. The molecule has 3 amide bonds. The van der Waals surface area contributed by atoms with Crippen molar-refractivity contribution in [2.75, 3.05) is 6.54 Å². The number of nitrogens with zero attached hydrogens (tertiary/aromatic N) is 1. The molecule has 0 spiro atoms. The van der Waals surface area contributed by atoms with E-state index in [9.17, 15) is 38.6 Å². The lowest BCUT2D eigenvalue weighted by atomic mass is 9.93. The molecule has 0 bridgehead atoms. The van der Waals surface area contributed by atoms with Crippen molar-refractivity contribution in [3.8, 4) is 0 Å². The van der Waals surface area contributed by atoms with Crippen molar-refractivity contribution in [3.63, 3.8) is 0 Å². The van der Waals surface area contributed by atoms with Crippen LogP contribution in [-0.4, -0.2) is 72.9 Å². The third-order valence-electron chi connectivity index (χ3n) is 8.33. The fourth-order valence-electron chi connectivity index (χ4n) is 6.24. The van der Waals surface area contributed by atoms with Crippen molar-refractivity contribution in [1.29, 1.82) is 0 Å². The van der Waals surface area contributed by atoms with E-state index in [4.69, 9.17) is 0 Å². The molecule has 2 aliphatic rings. The molecule has 43 heavy (non-hydrogen) atoms. The van der Waals surface area contributed by atoms with Gasteiger partial charge in [-0.1, -0.05) is 42.5 Å². The maximum Gasteiger partial charge on any atom is 0.342 e. The molecule has 0 unspecified atom stereocenters. The van der Waals surface area contributed by atoms with Crippen LogP contribution in [0.25, 0.3) is 21.7 Å². The highest BCUT2D eigenvalue weighted by Crippen LogP contribution is 2.48. The number of carboxylic acids is 1. The van der Waals surface area contributed by atoms with Gasteiger partial charge in [-0.2, -0.15) is 0 Å². The number of aliphatic carboxylic acids is 1. The van der Waals surface area contributed by atoms with Gasteiger partial charge in [-0.3, -0.25) is 29.2 Å². The summed E-state index contributed by atoms with van der Waals surface area (Å²) in [5.74, 6) is -5.14. The molecule has 0 saturated carbocycles. The number of rotatable bonds is 9. The first-order valence-corrected chi connectivity index (χ1v) is 15.5. The zero-order valence-electron chi connectivity index (χ0n) is 22.8. The Labute approximate surface area is 245 Å². The molecule has 0 radical (unpaired) electrons. The van der Waals surface area contributed by atoms with Gasteiger partial charge in [0.2, 0.25) is 5.91 Å². The maximum absolute atomic E-state index is 13.3. The number of benzene rings is 3. The summed E-state index contributed by atoms with van der Waals surface area (Å²) >= 11 is 0. The van der Waals surface area contributed by atoms with Crippen LogP contribution in [0.4, 0.5) is 0 Å². The molecule has 6 rings (SSSR count). The van der Waals surface area contributed by atoms with E-state index in [2.05, 4.69) is 15.6 Å². The van der Waals surface area contributed by atoms with Gasteiger partial charge in [0.25, 0.3) is 11.8 Å². The minimum atomic E-state index is -4.76. The van der Waals surface area contributed by atoms with Crippen LogP contribution in [0.1, 0.15) is 39.1 Å². The Morgan fingerprint density at radius 1 is 1.00 bits per heavy atom. The van der Waals surface area contributed by atoms with Gasteiger partial charge in [-0.05, 0) is 47.9 Å². The van der Waals surface area contributed by atoms with Crippen LogP contribution in [-0.2, 0) is 20.6 Å². The second-order valence-electron chi connectivity index (χ2n) is 11.0. The molecule has 3 heterocycles. The minimum Gasteiger partial charge on any atom is -0.480 e. The molecular formula is C30H29N4O8P. The van der Waals surface area contributed by atoms with Gasteiger partial charge in [-0.15, -0.1) is 0 Å². The molecule has 4 aromatic rings. The topological polar surface area (TPSA) is 189 Å². The van der Waals surface area contributed by atoms with Crippen LogP contribution in [0.15, 0.2) is 66.9 Å². The zero-order valence-corrected chi connectivity index (χ0v) is 23.7. The number of hydrogen-bond donors (Lipinski definition) is 6. The average Bonchev–Trinajstić information content (AvgIpc) is 3.60. The summed E-state index contributed by atoms with van der Waals surface area (Å²) in [4.78, 5) is 76.1. The number of amides is 3. The number of para-hydroxylation sites is 1. The summed E-state index contributed by atoms with van der Waals surface area (Å²) < 4.78 is 12.4. The number of aromatic amines is 1. The summed E-state index contributed by atoms with van der Waals surface area (Å²) in [5.41, 5.74) is 2.26. The van der Waals surface area contributed by atoms with E-state index in [-0.39, 0.29) is 25.8 Å². The van der Waals surface area contributed by atoms with Gasteiger partial charge in [0.15, 0.2) is 0 Å². The molecule has 13 heteroatoms. The van der Waals surface area contributed by atoms with Crippen molar-refractivity contribution < 1.29 is 38.6 Å². The first-order valence-electron chi connectivity index (χ1n) is 13.8. The van der Waals surface area contributed by atoms with E-state index in [1.807, 2.05) is 36.4 Å². The fourth-order valence-corrected chi connectivity index (χ4v) is 7.44. The Kier molecular flexibility index (Phi) is 7.39. The molecular weight excluding hydrogens is 575 g/mol. The SMILES string of the molecule is O=C(O)[C@H](Cc1c[nH]c2ccccc12)NC(=O)[C@@H]1C[C@@H](CCN2C(=O)c3cccc4cccc(c34)C2=O)[C@@H](P(=O)(O)O)N1. The van der Waals surface area contributed by atoms with E-state index in [1.165, 1.54) is 0 Å². The molecule has 222 valence electrons. The van der Waals surface area contributed by atoms with Crippen LogP contribution in [0.3, 0.4) is 0 Å². The van der Waals surface area contributed by atoms with Crippen molar-refractivity contribution in [2.45, 2.75) is 37.1 Å². The summed E-state index contributed by atoms with van der Waals surface area (Å²) in [6, 6.07) is 15.3. The standard InChI is InChI=1S/C30H29N4O8P/c35-26(32-24(30(38)39)14-18-15-31-22-10-2-1-7-19(18)22)23-13-17(27(33-23)43(40,41)42)11-12-34-28(36)20-8-3-5-16-6-4-9-21(25(16)20)29(34)37/h1-10,15,17,23-24,27,31,33H,11-14H2,(H,32,35)(H,38,39)(H2,40,41,42)/t17-,23+,24+,27-/m1/s1. The number of H-pyrrole nitrogens is 1. The Morgan fingerprint density at radius 3 is 2.33 bits per heavy atom. The molecule has 1 saturated heterocycles. The van der Waals surface area contributed by atoms with Gasteiger partial charge < -0.3 is 25.2 Å². The second kappa shape index (κ2) is 11.1. The van der Waals surface area contributed by atoms with Crippen LogP contribution < -0.4 is 10.6 Å². The number of fused-ring (bicyclic) bond motifs is 1. The number of imide groups is 1. The molecule has 0 aliphatic carbocycles. The summed E-state index contributed by atoms with van der Waals surface area (Å²) in [7, 11) is -4.76. The van der Waals surface area contributed by atoms with Crippen LogP contribution in [0, 0.1) is 5.92 Å². The lowest BCUT2D eigenvalue weighted by Gasteiger charge is -2.29. The van der Waals surface area contributed by atoms with Gasteiger partial charge >= 0.3 is 13.6 Å². The number of carboxylic acid groups (broad SMARTS) is 1. The van der Waals surface area contributed by atoms with Crippen molar-refractivity contribution >= 4 is 53.0 Å².